The molecule has 34 heavy (non-hydrogen) atoms. The average Bonchev–Trinajstić information content (AvgIpc) is 2.75. The van der Waals surface area contributed by atoms with Gasteiger partial charge in [0.15, 0.2) is 6.10 Å². The first-order chi connectivity index (χ1) is 15.4. The summed E-state index contributed by atoms with van der Waals surface area (Å²) in [6, 6.07) is 6.63. The maximum absolute atomic E-state index is 13.0. The number of anilines is 1. The van der Waals surface area contributed by atoms with Crippen molar-refractivity contribution in [1.82, 2.24) is 9.97 Å². The van der Waals surface area contributed by atoms with Crippen molar-refractivity contribution in [1.29, 1.82) is 0 Å². The summed E-state index contributed by atoms with van der Waals surface area (Å²) in [6.45, 7) is 0.714. The van der Waals surface area contributed by atoms with E-state index in [0.29, 0.717) is 28.2 Å². The number of nitrogens with zero attached hydrogens (tertiary/aromatic N) is 2. The van der Waals surface area contributed by atoms with E-state index in [-0.39, 0.29) is 35.2 Å². The number of methoxy groups -OCH3 is 2. The third kappa shape index (κ3) is 6.10. The molecule has 0 radical (unpaired) electrons. The van der Waals surface area contributed by atoms with Crippen molar-refractivity contribution in [3.8, 4) is 17.2 Å². The van der Waals surface area contributed by atoms with E-state index in [9.17, 15) is 21.6 Å². The number of rotatable bonds is 8. The fourth-order valence-electron chi connectivity index (χ4n) is 2.96. The van der Waals surface area contributed by atoms with E-state index in [1.807, 2.05) is 0 Å². The van der Waals surface area contributed by atoms with Gasteiger partial charge in [0.2, 0.25) is 10.0 Å². The van der Waals surface area contributed by atoms with Crippen LogP contribution in [0.25, 0.3) is 10.9 Å². The SMILES string of the molecule is COc1cc(OC)c2c(NCc3cc(S(N)(=O)=O)ccc3OC(C)C(F)(F)F)ncnc2c1.Cl. The van der Waals surface area contributed by atoms with Gasteiger partial charge in [0.25, 0.3) is 0 Å². The van der Waals surface area contributed by atoms with Crippen LogP contribution in [0.2, 0.25) is 0 Å². The number of hydrogen-bond donors (Lipinski definition) is 2. The predicted molar refractivity (Wildman–Crippen MR) is 121 cm³/mol. The lowest BCUT2D eigenvalue weighted by atomic mass is 10.1. The summed E-state index contributed by atoms with van der Waals surface area (Å²) in [7, 11) is -1.16. The Balaban J connectivity index is 0.00000408. The second-order valence-electron chi connectivity index (χ2n) is 6.92. The first kappa shape index (κ1) is 27.2. The van der Waals surface area contributed by atoms with Crippen LogP contribution in [0.3, 0.4) is 0 Å². The molecule has 14 heteroatoms. The molecule has 186 valence electrons. The van der Waals surface area contributed by atoms with Gasteiger partial charge in [0.1, 0.15) is 29.4 Å². The van der Waals surface area contributed by atoms with Crippen molar-refractivity contribution in [3.63, 3.8) is 0 Å². The average molecular weight is 523 g/mol. The molecule has 3 aromatic rings. The zero-order valence-electron chi connectivity index (χ0n) is 18.2. The molecule has 3 N–H and O–H groups in total. The summed E-state index contributed by atoms with van der Waals surface area (Å²) in [6.07, 6.45) is -5.45. The number of benzene rings is 2. The van der Waals surface area contributed by atoms with Crippen molar-refractivity contribution in [2.75, 3.05) is 19.5 Å². The Morgan fingerprint density at radius 2 is 1.79 bits per heavy atom. The summed E-state index contributed by atoms with van der Waals surface area (Å²) in [5.41, 5.74) is 0.612. The number of alkyl halides is 3. The molecule has 0 saturated heterocycles. The number of aromatic nitrogens is 2. The van der Waals surface area contributed by atoms with Gasteiger partial charge in [-0.3, -0.25) is 0 Å². The Labute approximate surface area is 199 Å². The van der Waals surface area contributed by atoms with E-state index in [1.54, 1.807) is 12.1 Å². The minimum atomic E-state index is -4.61. The summed E-state index contributed by atoms with van der Waals surface area (Å²) in [5.74, 6) is 1.04. The third-order valence-corrected chi connectivity index (χ3v) is 5.61. The number of nitrogens with one attached hydrogen (secondary N) is 1. The van der Waals surface area contributed by atoms with E-state index >= 15 is 0 Å². The van der Waals surface area contributed by atoms with Gasteiger partial charge in [0.05, 0.1) is 30.0 Å². The van der Waals surface area contributed by atoms with Gasteiger partial charge < -0.3 is 19.5 Å². The minimum Gasteiger partial charge on any atom is -0.497 e. The van der Waals surface area contributed by atoms with Gasteiger partial charge in [-0.2, -0.15) is 13.2 Å². The molecule has 3 rings (SSSR count). The lowest BCUT2D eigenvalue weighted by Gasteiger charge is -2.20. The summed E-state index contributed by atoms with van der Waals surface area (Å²) in [5, 5.41) is 8.65. The van der Waals surface area contributed by atoms with Gasteiger partial charge in [0, 0.05) is 24.2 Å². The van der Waals surface area contributed by atoms with Crippen LogP contribution in [0, 0.1) is 0 Å². The van der Waals surface area contributed by atoms with Crippen molar-refractivity contribution < 1.29 is 35.8 Å². The third-order valence-electron chi connectivity index (χ3n) is 4.70. The van der Waals surface area contributed by atoms with Crippen molar-refractivity contribution in [3.05, 3.63) is 42.2 Å². The lowest BCUT2D eigenvalue weighted by molar-refractivity contribution is -0.189. The van der Waals surface area contributed by atoms with E-state index in [0.717, 1.165) is 25.1 Å². The van der Waals surface area contributed by atoms with Crippen LogP contribution in [0.4, 0.5) is 19.0 Å². The van der Waals surface area contributed by atoms with E-state index < -0.39 is 22.3 Å². The highest BCUT2D eigenvalue weighted by Gasteiger charge is 2.38. The summed E-state index contributed by atoms with van der Waals surface area (Å²) in [4.78, 5) is 8.09. The fraction of sp³-hybridized carbons (Fsp3) is 0.300. The molecule has 1 atom stereocenters. The highest BCUT2D eigenvalue weighted by Crippen LogP contribution is 2.35. The molecule has 0 aliphatic rings. The zero-order chi connectivity index (χ0) is 24.4. The van der Waals surface area contributed by atoms with E-state index in [4.69, 9.17) is 19.3 Å². The van der Waals surface area contributed by atoms with Crippen LogP contribution in [0.1, 0.15) is 12.5 Å². The number of fused-ring (bicyclic) bond motifs is 1. The van der Waals surface area contributed by atoms with Crippen LogP contribution in [-0.2, 0) is 16.6 Å². The molecule has 1 heterocycles. The van der Waals surface area contributed by atoms with Gasteiger partial charge >= 0.3 is 6.18 Å². The standard InChI is InChI=1S/C20H21F3N4O5S.ClH/c1-11(20(21,22)23)32-16-5-4-14(33(24,28)29)6-12(16)9-25-19-18-15(26-10-27-19)7-13(30-2)8-17(18)31-3;/h4-8,10-11H,9H2,1-3H3,(H2,24,28,29)(H,25,26,27);1H. The summed E-state index contributed by atoms with van der Waals surface area (Å²) < 4.78 is 78.2. The van der Waals surface area contributed by atoms with Crippen LogP contribution in [-0.4, -0.2) is 44.9 Å². The van der Waals surface area contributed by atoms with Gasteiger partial charge in [-0.25, -0.2) is 23.5 Å². The predicted octanol–water partition coefficient (Wildman–Crippen LogP) is 3.66. The Hall–Kier alpha value is -3.03. The smallest absolute Gasteiger partial charge is 0.425 e. The molecule has 0 saturated carbocycles. The largest absolute Gasteiger partial charge is 0.497 e. The molecule has 2 aromatic carbocycles. The lowest BCUT2D eigenvalue weighted by Crippen LogP contribution is -2.31. The summed E-state index contributed by atoms with van der Waals surface area (Å²) >= 11 is 0. The highest BCUT2D eigenvalue weighted by atomic mass is 35.5. The Kier molecular flexibility index (Phi) is 8.40. The molecule has 1 aromatic heterocycles. The minimum absolute atomic E-state index is 0. The van der Waals surface area contributed by atoms with Crippen molar-refractivity contribution in [2.24, 2.45) is 5.14 Å². The van der Waals surface area contributed by atoms with Crippen molar-refractivity contribution >= 4 is 39.2 Å². The molecular weight excluding hydrogens is 501 g/mol. The number of halogens is 4. The monoisotopic (exact) mass is 522 g/mol. The number of primary sulfonamides is 1. The number of sulfonamides is 1. The second-order valence-corrected chi connectivity index (χ2v) is 8.48. The second kappa shape index (κ2) is 10.5. The molecule has 0 fully saturated rings. The molecule has 0 spiro atoms. The van der Waals surface area contributed by atoms with Crippen LogP contribution < -0.4 is 24.7 Å². The van der Waals surface area contributed by atoms with Gasteiger partial charge in [-0.1, -0.05) is 0 Å². The zero-order valence-corrected chi connectivity index (χ0v) is 19.8. The molecule has 0 aliphatic heterocycles. The first-order valence-electron chi connectivity index (χ1n) is 9.43. The van der Waals surface area contributed by atoms with Crippen LogP contribution in [0.15, 0.2) is 41.6 Å². The van der Waals surface area contributed by atoms with Crippen LogP contribution in [0.5, 0.6) is 17.2 Å². The van der Waals surface area contributed by atoms with E-state index in [1.165, 1.54) is 20.5 Å². The normalized spacial score (nSPS) is 12.6. The van der Waals surface area contributed by atoms with E-state index in [2.05, 4.69) is 15.3 Å². The molecule has 9 nitrogen and oxygen atoms in total. The molecule has 1 unspecified atom stereocenters. The fourth-order valence-corrected chi connectivity index (χ4v) is 3.53. The number of ether oxygens (including phenoxy) is 3. The molecule has 0 amide bonds. The number of nitrogens with two attached hydrogens (primary N) is 1. The Bertz CT molecular complexity index is 1280. The molecule has 0 aliphatic carbocycles. The maximum atomic E-state index is 13.0. The molecule has 0 bridgehead atoms. The quantitative estimate of drug-likeness (QED) is 0.459. The van der Waals surface area contributed by atoms with Crippen LogP contribution >= 0.6 is 12.4 Å². The maximum Gasteiger partial charge on any atom is 0.425 e. The van der Waals surface area contributed by atoms with Gasteiger partial charge in [-0.15, -0.1) is 12.4 Å². The first-order valence-corrected chi connectivity index (χ1v) is 11.0. The Morgan fingerprint density at radius 1 is 1.09 bits per heavy atom. The molecular formula is C20H22ClF3N4O5S. The highest BCUT2D eigenvalue weighted by molar-refractivity contribution is 7.89. The van der Waals surface area contributed by atoms with Gasteiger partial charge in [-0.05, 0) is 25.1 Å². The topological polar surface area (TPSA) is 126 Å². The number of hydrogen-bond acceptors (Lipinski definition) is 8. The Morgan fingerprint density at radius 3 is 2.38 bits per heavy atom. The van der Waals surface area contributed by atoms with Crippen molar-refractivity contribution in [2.45, 2.75) is 30.6 Å².